The molecule has 0 fully saturated rings. The molecule has 2 N–H and O–H groups in total. The predicted molar refractivity (Wildman–Crippen MR) is 125 cm³/mol. The second-order valence-electron chi connectivity index (χ2n) is 7.38. The molecule has 31 heavy (non-hydrogen) atoms. The summed E-state index contributed by atoms with van der Waals surface area (Å²) in [5.41, 5.74) is 4.81. The third-order valence-electron chi connectivity index (χ3n) is 4.18. The van der Waals surface area contributed by atoms with Crippen LogP contribution in [0.2, 0.25) is 5.02 Å². The maximum absolute atomic E-state index is 12.5. The fraction of sp³-hybridized carbons (Fsp3) is 0.292. The van der Waals surface area contributed by atoms with Crippen LogP contribution in [0.25, 0.3) is 0 Å². The van der Waals surface area contributed by atoms with Crippen LogP contribution >= 0.6 is 11.6 Å². The molecule has 2 aromatic carbocycles. The first kappa shape index (κ1) is 24.2. The van der Waals surface area contributed by atoms with E-state index in [9.17, 15) is 9.59 Å². The predicted octanol–water partition coefficient (Wildman–Crippen LogP) is 4.99. The number of amidine groups is 1. The summed E-state index contributed by atoms with van der Waals surface area (Å²) in [6.45, 7) is 8.45. The molecule has 0 spiro atoms. The van der Waals surface area contributed by atoms with Crippen LogP contribution in [0.5, 0.6) is 5.75 Å². The van der Waals surface area contributed by atoms with Crippen LogP contribution in [0.4, 0.5) is 0 Å². The Labute approximate surface area is 188 Å². The zero-order chi connectivity index (χ0) is 22.8. The first-order valence-electron chi connectivity index (χ1n) is 10.1. The van der Waals surface area contributed by atoms with Crippen LogP contribution in [0.15, 0.2) is 59.7 Å². The molecule has 0 radical (unpaired) electrons. The fourth-order valence-corrected chi connectivity index (χ4v) is 2.80. The number of ether oxygens (including phenoxy) is 1. The van der Waals surface area contributed by atoms with Gasteiger partial charge in [0.15, 0.2) is 11.6 Å². The number of halogens is 1. The lowest BCUT2D eigenvalue weighted by atomic mass is 10.1. The number of allylic oxidation sites excluding steroid dienone is 1. The van der Waals surface area contributed by atoms with E-state index in [2.05, 4.69) is 29.7 Å². The molecule has 7 heteroatoms. The summed E-state index contributed by atoms with van der Waals surface area (Å²) in [6.07, 6.45) is 3.46. The zero-order valence-electron chi connectivity index (χ0n) is 18.2. The summed E-state index contributed by atoms with van der Waals surface area (Å²) in [7, 11) is 0. The first-order chi connectivity index (χ1) is 14.8. The Morgan fingerprint density at radius 1 is 1.13 bits per heavy atom. The van der Waals surface area contributed by atoms with Gasteiger partial charge in [-0.05, 0) is 56.2 Å². The number of rotatable bonds is 9. The van der Waals surface area contributed by atoms with Gasteiger partial charge in [0.25, 0.3) is 5.91 Å². The van der Waals surface area contributed by atoms with E-state index in [1.165, 1.54) is 6.92 Å². The highest BCUT2D eigenvalue weighted by molar-refractivity contribution is 6.30. The number of benzene rings is 2. The lowest BCUT2D eigenvalue weighted by molar-refractivity contribution is 0.0973. The molecule has 164 valence electrons. The topological polar surface area (TPSA) is 79.8 Å². The highest BCUT2D eigenvalue weighted by Gasteiger charge is 2.09. The molecule has 0 aliphatic heterocycles. The van der Waals surface area contributed by atoms with E-state index in [-0.39, 0.29) is 11.7 Å². The molecule has 0 heterocycles. The van der Waals surface area contributed by atoms with E-state index in [1.54, 1.807) is 42.5 Å². The van der Waals surface area contributed by atoms with Gasteiger partial charge in [0.05, 0.1) is 13.2 Å². The van der Waals surface area contributed by atoms with Gasteiger partial charge in [0, 0.05) is 21.7 Å². The van der Waals surface area contributed by atoms with Crippen LogP contribution in [0, 0.1) is 5.92 Å². The van der Waals surface area contributed by atoms with Gasteiger partial charge in [-0.3, -0.25) is 9.59 Å². The number of carbonyl (C=O) groups excluding carboxylic acids is 2. The van der Waals surface area contributed by atoms with E-state index in [0.717, 1.165) is 11.3 Å². The number of Topliss-reactive ketones (excluding diaryl/α,β-unsaturated/α-hetero) is 1. The molecule has 1 amide bonds. The van der Waals surface area contributed by atoms with Crippen molar-refractivity contribution in [3.63, 3.8) is 0 Å². The van der Waals surface area contributed by atoms with E-state index >= 15 is 0 Å². The van der Waals surface area contributed by atoms with E-state index in [1.807, 2.05) is 19.1 Å². The van der Waals surface area contributed by atoms with E-state index in [0.29, 0.717) is 41.1 Å². The Bertz CT molecular complexity index is 967. The Hall–Kier alpha value is -3.12. The monoisotopic (exact) mass is 441 g/mol. The summed E-state index contributed by atoms with van der Waals surface area (Å²) in [6, 6.07) is 11.9. The molecular formula is C24H28ClN3O3. The summed E-state index contributed by atoms with van der Waals surface area (Å²) in [5, 5.41) is 7.64. The smallest absolute Gasteiger partial charge is 0.256 e. The Morgan fingerprint density at radius 3 is 2.42 bits per heavy atom. The van der Waals surface area contributed by atoms with Crippen molar-refractivity contribution in [1.82, 2.24) is 10.7 Å². The molecule has 0 bridgehead atoms. The van der Waals surface area contributed by atoms with Crippen LogP contribution < -0.4 is 15.5 Å². The Kier molecular flexibility index (Phi) is 9.28. The molecule has 0 atom stereocenters. The van der Waals surface area contributed by atoms with Crippen molar-refractivity contribution in [2.45, 2.75) is 34.2 Å². The molecular weight excluding hydrogens is 414 g/mol. The molecule has 2 aromatic rings. The molecule has 0 unspecified atom stereocenters. The molecule has 0 aliphatic carbocycles. The zero-order valence-corrected chi connectivity index (χ0v) is 19.0. The molecule has 0 saturated carbocycles. The first-order valence-corrected chi connectivity index (χ1v) is 10.4. The maximum Gasteiger partial charge on any atom is 0.256 e. The standard InChI is InChI=1S/C24H28ClN3O3/c1-5-6-23(27-24(30)19-9-7-18(8-10-19)17(4)29)28-26-14-20-13-21(25)11-12-22(20)31-15-16(2)3/h5-13,16,26H,14-15H2,1-4H3,(H,27,28,30)/b6-5+. The molecule has 0 aromatic heterocycles. The van der Waals surface area contributed by atoms with Crippen molar-refractivity contribution in [1.29, 1.82) is 0 Å². The van der Waals surface area contributed by atoms with Crippen LogP contribution in [0.3, 0.4) is 0 Å². The second kappa shape index (κ2) is 11.9. The van der Waals surface area contributed by atoms with Gasteiger partial charge in [-0.2, -0.15) is 5.10 Å². The van der Waals surface area contributed by atoms with Crippen LogP contribution in [-0.4, -0.2) is 24.1 Å². The number of amides is 1. The normalized spacial score (nSPS) is 11.6. The van der Waals surface area contributed by atoms with Crippen molar-refractivity contribution < 1.29 is 14.3 Å². The average Bonchev–Trinajstić information content (AvgIpc) is 2.73. The Morgan fingerprint density at radius 2 is 1.81 bits per heavy atom. The van der Waals surface area contributed by atoms with Gasteiger partial charge >= 0.3 is 0 Å². The van der Waals surface area contributed by atoms with Crippen molar-refractivity contribution in [2.75, 3.05) is 6.61 Å². The molecule has 0 aliphatic rings. The van der Waals surface area contributed by atoms with Gasteiger partial charge in [0.1, 0.15) is 5.75 Å². The number of hydrogen-bond acceptors (Lipinski definition) is 5. The van der Waals surface area contributed by atoms with Crippen molar-refractivity contribution >= 4 is 29.1 Å². The van der Waals surface area contributed by atoms with Crippen LogP contribution in [0.1, 0.15) is 54.0 Å². The SMILES string of the molecule is C/C=C/C(=N\NCc1cc(Cl)ccc1OCC(C)C)NC(=O)c1ccc(C(C)=O)cc1. The van der Waals surface area contributed by atoms with Gasteiger partial charge < -0.3 is 15.5 Å². The molecule has 2 rings (SSSR count). The third kappa shape index (κ3) is 7.90. The lowest BCUT2D eigenvalue weighted by Gasteiger charge is -2.14. The van der Waals surface area contributed by atoms with Gasteiger partial charge in [-0.15, -0.1) is 0 Å². The number of hydrazone groups is 1. The lowest BCUT2D eigenvalue weighted by Crippen LogP contribution is -2.30. The van der Waals surface area contributed by atoms with Crippen molar-refractivity contribution in [2.24, 2.45) is 11.0 Å². The molecule has 0 saturated heterocycles. The largest absolute Gasteiger partial charge is 0.493 e. The number of nitrogens with one attached hydrogen (secondary N) is 2. The quantitative estimate of drug-likeness (QED) is 0.249. The van der Waals surface area contributed by atoms with E-state index in [4.69, 9.17) is 16.3 Å². The third-order valence-corrected chi connectivity index (χ3v) is 4.42. The van der Waals surface area contributed by atoms with Crippen molar-refractivity contribution in [3.05, 3.63) is 76.3 Å². The van der Waals surface area contributed by atoms with Crippen LogP contribution in [-0.2, 0) is 6.54 Å². The number of hydrogen-bond donors (Lipinski definition) is 2. The van der Waals surface area contributed by atoms with Gasteiger partial charge in [-0.25, -0.2) is 0 Å². The highest BCUT2D eigenvalue weighted by Crippen LogP contribution is 2.23. The minimum absolute atomic E-state index is 0.0508. The highest BCUT2D eigenvalue weighted by atomic mass is 35.5. The van der Waals surface area contributed by atoms with Gasteiger partial charge in [0.2, 0.25) is 0 Å². The summed E-state index contributed by atoms with van der Waals surface area (Å²) < 4.78 is 5.85. The second-order valence-corrected chi connectivity index (χ2v) is 7.81. The minimum Gasteiger partial charge on any atom is -0.493 e. The number of carbonyl (C=O) groups is 2. The van der Waals surface area contributed by atoms with Gasteiger partial charge in [-0.1, -0.05) is 43.7 Å². The fourth-order valence-electron chi connectivity index (χ4n) is 2.60. The maximum atomic E-state index is 12.5. The Balaban J connectivity index is 2.07. The summed E-state index contributed by atoms with van der Waals surface area (Å²) >= 11 is 6.13. The summed E-state index contributed by atoms with van der Waals surface area (Å²) in [5.74, 6) is 1.12. The summed E-state index contributed by atoms with van der Waals surface area (Å²) in [4.78, 5) is 23.9. The number of ketones is 1. The number of nitrogens with zero attached hydrogens (tertiary/aromatic N) is 1. The van der Waals surface area contributed by atoms with E-state index < -0.39 is 0 Å². The minimum atomic E-state index is -0.322. The molecule has 6 nitrogen and oxygen atoms in total. The van der Waals surface area contributed by atoms with Crippen molar-refractivity contribution in [3.8, 4) is 5.75 Å². The average molecular weight is 442 g/mol.